The zero-order valence-electron chi connectivity index (χ0n) is 11.5. The molecule has 2 rings (SSSR count). The molecule has 2 N–H and O–H groups in total. The first-order chi connectivity index (χ1) is 9.39. The van der Waals surface area contributed by atoms with E-state index in [9.17, 15) is 13.2 Å². The fourth-order valence-electron chi connectivity index (χ4n) is 2.43. The van der Waals surface area contributed by atoms with Crippen molar-refractivity contribution in [3.8, 4) is 0 Å². The minimum atomic E-state index is -4.13. The van der Waals surface area contributed by atoms with E-state index in [1.807, 2.05) is 13.0 Å². The van der Waals surface area contributed by atoms with Crippen LogP contribution in [0.4, 0.5) is 18.9 Å². The number of alkyl halides is 3. The number of aryl methyl sites for hydroxylation is 1. The van der Waals surface area contributed by atoms with Gasteiger partial charge in [0, 0.05) is 55.9 Å². The number of anilines is 1. The fraction of sp³-hybridized carbons (Fsp3) is 0.615. The van der Waals surface area contributed by atoms with Gasteiger partial charge in [-0.2, -0.15) is 13.2 Å². The van der Waals surface area contributed by atoms with Gasteiger partial charge in [0.15, 0.2) is 0 Å². The topological polar surface area (TPSA) is 45.4 Å². The van der Waals surface area contributed by atoms with Crippen LogP contribution in [-0.4, -0.2) is 48.8 Å². The molecule has 112 valence electrons. The van der Waals surface area contributed by atoms with Crippen LogP contribution in [0.25, 0.3) is 0 Å². The molecule has 1 aliphatic rings. The molecule has 0 spiro atoms. The molecule has 0 aromatic carbocycles. The Labute approximate surface area is 116 Å². The molecule has 1 aromatic rings. The van der Waals surface area contributed by atoms with Crippen molar-refractivity contribution >= 4 is 5.69 Å². The maximum atomic E-state index is 12.4. The Kier molecular flexibility index (Phi) is 4.49. The lowest BCUT2D eigenvalue weighted by atomic mass is 10.1. The first kappa shape index (κ1) is 15.1. The largest absolute Gasteiger partial charge is 0.401 e. The summed E-state index contributed by atoms with van der Waals surface area (Å²) in [5, 5.41) is 0. The summed E-state index contributed by atoms with van der Waals surface area (Å²) >= 11 is 0. The van der Waals surface area contributed by atoms with Crippen LogP contribution >= 0.6 is 0 Å². The van der Waals surface area contributed by atoms with Crippen molar-refractivity contribution in [1.82, 2.24) is 9.88 Å². The molecule has 1 fully saturated rings. The number of nitrogens with zero attached hydrogens (tertiary/aromatic N) is 3. The molecule has 0 unspecified atom stereocenters. The average molecular weight is 288 g/mol. The van der Waals surface area contributed by atoms with E-state index in [0.29, 0.717) is 32.7 Å². The van der Waals surface area contributed by atoms with Gasteiger partial charge >= 0.3 is 6.18 Å². The summed E-state index contributed by atoms with van der Waals surface area (Å²) in [4.78, 5) is 7.73. The highest BCUT2D eigenvalue weighted by molar-refractivity contribution is 5.54. The normalized spacial score (nSPS) is 17.6. The summed E-state index contributed by atoms with van der Waals surface area (Å²) < 4.78 is 37.1. The van der Waals surface area contributed by atoms with Gasteiger partial charge in [0.05, 0.1) is 6.54 Å². The maximum absolute atomic E-state index is 12.4. The molecule has 20 heavy (non-hydrogen) atoms. The molecule has 1 aliphatic heterocycles. The second kappa shape index (κ2) is 5.97. The molecule has 0 bridgehead atoms. The first-order valence-corrected chi connectivity index (χ1v) is 6.58. The van der Waals surface area contributed by atoms with Crippen molar-refractivity contribution in [2.45, 2.75) is 19.6 Å². The summed E-state index contributed by atoms with van der Waals surface area (Å²) in [6, 6.07) is 1.95. The predicted octanol–water partition coefficient (Wildman–Crippen LogP) is 1.53. The van der Waals surface area contributed by atoms with E-state index in [0.717, 1.165) is 16.9 Å². The van der Waals surface area contributed by atoms with Crippen LogP contribution in [-0.2, 0) is 6.54 Å². The Hall–Kier alpha value is -1.34. The van der Waals surface area contributed by atoms with Crippen molar-refractivity contribution in [1.29, 1.82) is 0 Å². The van der Waals surface area contributed by atoms with Crippen molar-refractivity contribution < 1.29 is 13.2 Å². The lowest BCUT2D eigenvalue weighted by Gasteiger charge is -2.37. The molecule has 0 aliphatic carbocycles. The summed E-state index contributed by atoms with van der Waals surface area (Å²) in [7, 11) is 0. The van der Waals surface area contributed by atoms with Gasteiger partial charge in [0.2, 0.25) is 0 Å². The minimum Gasteiger partial charge on any atom is -0.369 e. The Morgan fingerprint density at radius 1 is 1.25 bits per heavy atom. The van der Waals surface area contributed by atoms with Gasteiger partial charge in [-0.1, -0.05) is 0 Å². The Morgan fingerprint density at radius 3 is 2.45 bits per heavy atom. The molecule has 7 heteroatoms. The van der Waals surface area contributed by atoms with E-state index in [4.69, 9.17) is 5.73 Å². The van der Waals surface area contributed by atoms with Crippen molar-refractivity contribution in [3.05, 3.63) is 23.5 Å². The highest BCUT2D eigenvalue weighted by Crippen LogP contribution is 2.23. The first-order valence-electron chi connectivity index (χ1n) is 6.58. The van der Waals surface area contributed by atoms with Crippen molar-refractivity contribution in [3.63, 3.8) is 0 Å². The number of halogens is 3. The summed E-state index contributed by atoms with van der Waals surface area (Å²) in [5.41, 5.74) is 8.50. The maximum Gasteiger partial charge on any atom is 0.401 e. The molecule has 1 saturated heterocycles. The average Bonchev–Trinajstić information content (AvgIpc) is 2.38. The van der Waals surface area contributed by atoms with Crippen LogP contribution in [0.5, 0.6) is 0 Å². The Bertz CT molecular complexity index is 453. The van der Waals surface area contributed by atoms with Gasteiger partial charge in [0.25, 0.3) is 0 Å². The van der Waals surface area contributed by atoms with Crippen LogP contribution in [0.2, 0.25) is 0 Å². The molecular weight excluding hydrogens is 269 g/mol. The number of hydrogen-bond acceptors (Lipinski definition) is 4. The molecule has 4 nitrogen and oxygen atoms in total. The van der Waals surface area contributed by atoms with Crippen LogP contribution in [0, 0.1) is 6.92 Å². The quantitative estimate of drug-likeness (QED) is 0.916. The lowest BCUT2D eigenvalue weighted by Crippen LogP contribution is -2.49. The van der Waals surface area contributed by atoms with Gasteiger partial charge in [-0.15, -0.1) is 0 Å². The van der Waals surface area contributed by atoms with E-state index >= 15 is 0 Å². The highest BCUT2D eigenvalue weighted by Gasteiger charge is 2.32. The number of hydrogen-bond donors (Lipinski definition) is 1. The SMILES string of the molecule is Cc1cc(N2CCN(CC(F)(F)F)CC2)c(CN)cn1. The molecule has 0 atom stereocenters. The number of nitrogens with two attached hydrogens (primary N) is 1. The van der Waals surface area contributed by atoms with Crippen LogP contribution in [0.15, 0.2) is 12.3 Å². The summed E-state index contributed by atoms with van der Waals surface area (Å²) in [6.07, 6.45) is -2.38. The lowest BCUT2D eigenvalue weighted by molar-refractivity contribution is -0.146. The van der Waals surface area contributed by atoms with Gasteiger partial charge < -0.3 is 10.6 Å². The summed E-state index contributed by atoms with van der Waals surface area (Å²) in [6.45, 7) is 3.41. The molecular formula is C13H19F3N4. The standard InChI is InChI=1S/C13H19F3N4/c1-10-6-12(11(7-17)8-18-10)20-4-2-19(3-5-20)9-13(14,15)16/h6,8H,2-5,7,9,17H2,1H3. The number of pyridine rings is 1. The third kappa shape index (κ3) is 3.83. The van der Waals surface area contributed by atoms with E-state index < -0.39 is 12.7 Å². The van der Waals surface area contributed by atoms with Gasteiger partial charge in [-0.3, -0.25) is 9.88 Å². The Balaban J connectivity index is 2.02. The fourth-order valence-corrected chi connectivity index (χ4v) is 2.43. The second-order valence-corrected chi connectivity index (χ2v) is 5.04. The van der Waals surface area contributed by atoms with Crippen molar-refractivity contribution in [2.24, 2.45) is 5.73 Å². The van der Waals surface area contributed by atoms with E-state index in [1.54, 1.807) is 6.20 Å². The van der Waals surface area contributed by atoms with Crippen molar-refractivity contribution in [2.75, 3.05) is 37.6 Å². The van der Waals surface area contributed by atoms with E-state index in [1.165, 1.54) is 4.90 Å². The molecule has 0 radical (unpaired) electrons. The minimum absolute atomic E-state index is 0.380. The van der Waals surface area contributed by atoms with Gasteiger partial charge in [-0.25, -0.2) is 0 Å². The molecule has 2 heterocycles. The van der Waals surface area contributed by atoms with Crippen LogP contribution in [0.3, 0.4) is 0 Å². The molecule has 1 aromatic heterocycles. The van der Waals surface area contributed by atoms with Crippen LogP contribution in [0.1, 0.15) is 11.3 Å². The summed E-state index contributed by atoms with van der Waals surface area (Å²) in [5.74, 6) is 0. The zero-order valence-corrected chi connectivity index (χ0v) is 11.5. The second-order valence-electron chi connectivity index (χ2n) is 5.04. The van der Waals surface area contributed by atoms with E-state index in [2.05, 4.69) is 9.88 Å². The smallest absolute Gasteiger partial charge is 0.369 e. The molecule has 0 saturated carbocycles. The monoisotopic (exact) mass is 288 g/mol. The van der Waals surface area contributed by atoms with Gasteiger partial charge in [0.1, 0.15) is 0 Å². The Morgan fingerprint density at radius 2 is 1.90 bits per heavy atom. The number of aromatic nitrogens is 1. The third-order valence-corrected chi connectivity index (χ3v) is 3.43. The highest BCUT2D eigenvalue weighted by atomic mass is 19.4. The number of piperazine rings is 1. The zero-order chi connectivity index (χ0) is 14.8. The van der Waals surface area contributed by atoms with E-state index in [-0.39, 0.29) is 0 Å². The third-order valence-electron chi connectivity index (χ3n) is 3.43. The predicted molar refractivity (Wildman–Crippen MR) is 71.6 cm³/mol. The molecule has 0 amide bonds. The van der Waals surface area contributed by atoms with Crippen LogP contribution < -0.4 is 10.6 Å². The number of rotatable bonds is 3. The van der Waals surface area contributed by atoms with Gasteiger partial charge in [-0.05, 0) is 13.0 Å².